The molecular formula is C60H36N2O3. The molecule has 5 nitrogen and oxygen atoms in total. The monoisotopic (exact) mass is 832 g/mol. The van der Waals surface area contributed by atoms with E-state index in [9.17, 15) is 0 Å². The van der Waals surface area contributed by atoms with Gasteiger partial charge in [-0.15, -0.1) is 0 Å². The number of para-hydroxylation sites is 5. The minimum absolute atomic E-state index is 0.864. The third-order valence-corrected chi connectivity index (χ3v) is 13.2. The van der Waals surface area contributed by atoms with Gasteiger partial charge in [-0.1, -0.05) is 115 Å². The SMILES string of the molecule is c1cc(-c2ccc3c(c2)c2cccc4c2n3-c2ccccc2O4)cc(N(c2ccc(-c3ccc4c(c3)oc3ccccc34)cc2)c2ccc(-c3ccc4oc5ccccc5c4c3)cc2)c1. The molecule has 0 bridgehead atoms. The first-order valence-electron chi connectivity index (χ1n) is 22.0. The fourth-order valence-electron chi connectivity index (χ4n) is 10.1. The van der Waals surface area contributed by atoms with Gasteiger partial charge in [-0.2, -0.15) is 0 Å². The Balaban J connectivity index is 0.872. The van der Waals surface area contributed by atoms with E-state index in [1.807, 2.05) is 36.4 Å². The number of fused-ring (bicyclic) bond motifs is 11. The highest BCUT2D eigenvalue weighted by Crippen LogP contribution is 2.47. The van der Waals surface area contributed by atoms with Gasteiger partial charge in [-0.3, -0.25) is 0 Å². The molecule has 1 aliphatic rings. The summed E-state index contributed by atoms with van der Waals surface area (Å²) in [4.78, 5) is 2.35. The van der Waals surface area contributed by atoms with Crippen LogP contribution < -0.4 is 9.64 Å². The second-order valence-electron chi connectivity index (χ2n) is 16.9. The Morgan fingerprint density at radius 1 is 0.308 bits per heavy atom. The number of rotatable bonds is 6. The van der Waals surface area contributed by atoms with Gasteiger partial charge in [0.25, 0.3) is 0 Å². The predicted octanol–water partition coefficient (Wildman–Crippen LogP) is 17.2. The van der Waals surface area contributed by atoms with Crippen LogP contribution in [0.1, 0.15) is 0 Å². The molecule has 5 heteroatoms. The Labute approximate surface area is 373 Å². The molecule has 0 fully saturated rings. The zero-order valence-corrected chi connectivity index (χ0v) is 34.9. The molecule has 1 aliphatic heterocycles. The van der Waals surface area contributed by atoms with Crippen molar-refractivity contribution in [2.75, 3.05) is 4.90 Å². The van der Waals surface area contributed by atoms with Crippen LogP contribution in [0.25, 0.3) is 105 Å². The van der Waals surface area contributed by atoms with Crippen LogP contribution in [0.15, 0.2) is 227 Å². The first-order valence-corrected chi connectivity index (χ1v) is 22.0. The predicted molar refractivity (Wildman–Crippen MR) is 266 cm³/mol. The van der Waals surface area contributed by atoms with Crippen molar-refractivity contribution in [3.05, 3.63) is 218 Å². The largest absolute Gasteiger partial charge is 0.456 e. The van der Waals surface area contributed by atoms with Gasteiger partial charge in [0.1, 0.15) is 22.3 Å². The Bertz CT molecular complexity index is 4040. The third kappa shape index (κ3) is 5.59. The summed E-state index contributed by atoms with van der Waals surface area (Å²) in [7, 11) is 0. The first kappa shape index (κ1) is 35.8. The second kappa shape index (κ2) is 13.9. The zero-order valence-electron chi connectivity index (χ0n) is 34.9. The van der Waals surface area contributed by atoms with Crippen molar-refractivity contribution in [1.29, 1.82) is 0 Å². The lowest BCUT2D eigenvalue weighted by Crippen LogP contribution is -2.10. The Morgan fingerprint density at radius 3 is 1.65 bits per heavy atom. The normalized spacial score (nSPS) is 12.1. The quantitative estimate of drug-likeness (QED) is 0.167. The highest BCUT2D eigenvalue weighted by molar-refractivity contribution is 6.13. The summed E-state index contributed by atoms with van der Waals surface area (Å²) in [5.74, 6) is 1.74. The van der Waals surface area contributed by atoms with E-state index in [1.54, 1.807) is 0 Å². The van der Waals surface area contributed by atoms with Gasteiger partial charge in [0.15, 0.2) is 11.5 Å². The molecule has 0 aliphatic carbocycles. The number of hydrogen-bond acceptors (Lipinski definition) is 4. The molecule has 0 unspecified atom stereocenters. The molecule has 13 aromatic rings. The fourth-order valence-corrected chi connectivity index (χ4v) is 10.1. The van der Waals surface area contributed by atoms with Crippen LogP contribution in [-0.4, -0.2) is 4.57 Å². The summed E-state index contributed by atoms with van der Waals surface area (Å²) in [5, 5.41) is 6.87. The van der Waals surface area contributed by atoms with E-state index < -0.39 is 0 Å². The number of hydrogen-bond donors (Lipinski definition) is 0. The molecule has 65 heavy (non-hydrogen) atoms. The molecular weight excluding hydrogens is 797 g/mol. The number of benzene rings is 10. The van der Waals surface area contributed by atoms with Gasteiger partial charge in [0.2, 0.25) is 0 Å². The second-order valence-corrected chi connectivity index (χ2v) is 16.9. The molecule has 10 aromatic carbocycles. The molecule has 0 N–H and O–H groups in total. The van der Waals surface area contributed by atoms with Crippen LogP contribution in [0.5, 0.6) is 11.5 Å². The molecule has 0 atom stereocenters. The van der Waals surface area contributed by atoms with Crippen molar-refractivity contribution >= 4 is 82.7 Å². The highest BCUT2D eigenvalue weighted by Gasteiger charge is 2.24. The summed E-state index contributed by atoms with van der Waals surface area (Å²) >= 11 is 0. The van der Waals surface area contributed by atoms with Crippen LogP contribution in [-0.2, 0) is 0 Å². The number of furan rings is 2. The first-order chi connectivity index (χ1) is 32.2. The molecule has 0 spiro atoms. The summed E-state index contributed by atoms with van der Waals surface area (Å²) in [5.41, 5.74) is 16.9. The lowest BCUT2D eigenvalue weighted by molar-refractivity contribution is 0.476. The van der Waals surface area contributed by atoms with Gasteiger partial charge in [0.05, 0.1) is 16.7 Å². The zero-order chi connectivity index (χ0) is 42.6. The summed E-state index contributed by atoms with van der Waals surface area (Å²) in [6, 6.07) is 77.5. The summed E-state index contributed by atoms with van der Waals surface area (Å²) in [6.07, 6.45) is 0. The van der Waals surface area contributed by atoms with Gasteiger partial charge in [-0.25, -0.2) is 0 Å². The smallest absolute Gasteiger partial charge is 0.152 e. The summed E-state index contributed by atoms with van der Waals surface area (Å²) in [6.45, 7) is 0. The van der Waals surface area contributed by atoms with E-state index in [4.69, 9.17) is 13.6 Å². The van der Waals surface area contributed by atoms with Crippen molar-refractivity contribution in [3.63, 3.8) is 0 Å². The average Bonchev–Trinajstić information content (AvgIpc) is 4.04. The van der Waals surface area contributed by atoms with E-state index >= 15 is 0 Å². The minimum atomic E-state index is 0.864. The number of anilines is 3. The van der Waals surface area contributed by atoms with Crippen LogP contribution in [0.4, 0.5) is 17.1 Å². The standard InChI is InChI=1S/C60H36N2O3/c1-4-15-54-46(11-1)48-30-23-42(36-59(48)64-54)38-21-28-44(29-22-38)61(43-26-19-37(20-27-43)40-25-32-56-51(35-40)47-12-2-5-16-55(47)63-56)45-10-7-9-39(33-45)41-24-31-52-50(34-41)49-13-8-18-58-60(49)62(52)53-14-3-6-17-57(53)65-58/h1-36H. The molecule has 4 heterocycles. The van der Waals surface area contributed by atoms with E-state index in [1.165, 1.54) is 10.8 Å². The van der Waals surface area contributed by atoms with Gasteiger partial charge >= 0.3 is 0 Å². The van der Waals surface area contributed by atoms with Crippen molar-refractivity contribution in [2.45, 2.75) is 0 Å². The van der Waals surface area contributed by atoms with Crippen molar-refractivity contribution in [2.24, 2.45) is 0 Å². The molecule has 14 rings (SSSR count). The highest BCUT2D eigenvalue weighted by atomic mass is 16.5. The van der Waals surface area contributed by atoms with Crippen molar-refractivity contribution in [3.8, 4) is 50.6 Å². The van der Waals surface area contributed by atoms with E-state index in [-0.39, 0.29) is 0 Å². The van der Waals surface area contributed by atoms with E-state index in [2.05, 4.69) is 191 Å². The molecule has 0 amide bonds. The van der Waals surface area contributed by atoms with Crippen LogP contribution in [0, 0.1) is 0 Å². The molecule has 304 valence electrons. The van der Waals surface area contributed by atoms with Gasteiger partial charge in [0, 0.05) is 49.4 Å². The maximum Gasteiger partial charge on any atom is 0.152 e. The average molecular weight is 833 g/mol. The number of nitrogens with zero attached hydrogens (tertiary/aromatic N) is 2. The van der Waals surface area contributed by atoms with E-state index in [0.717, 1.165) is 123 Å². The topological polar surface area (TPSA) is 43.7 Å². The Morgan fingerprint density at radius 2 is 0.846 bits per heavy atom. The molecule has 0 saturated carbocycles. The van der Waals surface area contributed by atoms with Crippen molar-refractivity contribution in [1.82, 2.24) is 4.57 Å². The molecule has 0 saturated heterocycles. The van der Waals surface area contributed by atoms with Crippen molar-refractivity contribution < 1.29 is 13.6 Å². The fraction of sp³-hybridized carbons (Fsp3) is 0. The molecule has 3 aromatic heterocycles. The lowest BCUT2D eigenvalue weighted by Gasteiger charge is -2.26. The Kier molecular flexibility index (Phi) is 7.62. The van der Waals surface area contributed by atoms with Gasteiger partial charge < -0.3 is 23.0 Å². The van der Waals surface area contributed by atoms with Gasteiger partial charge in [-0.05, 0) is 137 Å². The van der Waals surface area contributed by atoms with E-state index in [0.29, 0.717) is 0 Å². The summed E-state index contributed by atoms with van der Waals surface area (Å²) < 4.78 is 21.2. The molecule has 0 radical (unpaired) electrons. The lowest BCUT2D eigenvalue weighted by atomic mass is 10.00. The Hall–Kier alpha value is -8.80. The maximum atomic E-state index is 6.41. The minimum Gasteiger partial charge on any atom is -0.456 e. The maximum absolute atomic E-state index is 6.41. The van der Waals surface area contributed by atoms with Crippen LogP contribution >= 0.6 is 0 Å². The van der Waals surface area contributed by atoms with Crippen LogP contribution in [0.3, 0.4) is 0 Å². The number of aromatic nitrogens is 1. The van der Waals surface area contributed by atoms with Crippen LogP contribution in [0.2, 0.25) is 0 Å². The number of ether oxygens (including phenoxy) is 1. The third-order valence-electron chi connectivity index (χ3n) is 13.2.